The van der Waals surface area contributed by atoms with Crippen molar-refractivity contribution in [2.75, 3.05) is 26.9 Å². The molecule has 2 aromatic carbocycles. The summed E-state index contributed by atoms with van der Waals surface area (Å²) < 4.78 is 32.8. The Kier molecular flexibility index (Phi) is 5.87. The highest BCUT2D eigenvalue weighted by atomic mass is 35.5. The fraction of sp³-hybridized carbons (Fsp3) is 0.381. The molecule has 9 heteroatoms. The van der Waals surface area contributed by atoms with Crippen molar-refractivity contribution >= 4 is 27.9 Å². The molecule has 1 spiro atoms. The number of nitrogens with zero attached hydrogens (tertiary/aromatic N) is 2. The highest BCUT2D eigenvalue weighted by Gasteiger charge is 2.52. The monoisotopic (exact) mass is 449 g/mol. The number of hydrogen-bond acceptors (Lipinski definition) is 5. The zero-order valence-corrected chi connectivity index (χ0v) is 18.2. The number of ether oxygens (including phenoxy) is 1. The van der Waals surface area contributed by atoms with Crippen LogP contribution in [0.1, 0.15) is 18.4 Å². The number of methoxy groups -OCH3 is 1. The van der Waals surface area contributed by atoms with Gasteiger partial charge < -0.3 is 14.6 Å². The maximum Gasteiger partial charge on any atom is 0.241 e. The van der Waals surface area contributed by atoms with Crippen LogP contribution in [0.2, 0.25) is 5.02 Å². The van der Waals surface area contributed by atoms with Crippen LogP contribution in [-0.2, 0) is 25.9 Å². The van der Waals surface area contributed by atoms with Crippen molar-refractivity contribution in [3.8, 4) is 5.75 Å². The highest BCUT2D eigenvalue weighted by molar-refractivity contribution is 7.95. The van der Waals surface area contributed by atoms with E-state index in [-0.39, 0.29) is 23.9 Å². The van der Waals surface area contributed by atoms with Crippen LogP contribution in [0, 0.1) is 0 Å². The van der Waals surface area contributed by atoms with Gasteiger partial charge in [-0.15, -0.1) is 4.31 Å². The average molecular weight is 450 g/mol. The molecule has 0 radical (unpaired) electrons. The van der Waals surface area contributed by atoms with Crippen LogP contribution in [0.15, 0.2) is 53.4 Å². The first kappa shape index (κ1) is 21.3. The first-order chi connectivity index (χ1) is 14.3. The number of benzene rings is 2. The lowest BCUT2D eigenvalue weighted by Gasteiger charge is -2.42. The van der Waals surface area contributed by atoms with Crippen LogP contribution in [0.3, 0.4) is 0 Å². The minimum atomic E-state index is -3.65. The summed E-state index contributed by atoms with van der Waals surface area (Å²) in [5, 5.41) is 3.61. The molecule has 1 amide bonds. The van der Waals surface area contributed by atoms with Crippen molar-refractivity contribution in [1.29, 1.82) is 0 Å². The number of rotatable bonds is 5. The van der Waals surface area contributed by atoms with Gasteiger partial charge in [-0.3, -0.25) is 9.69 Å². The fourth-order valence-corrected chi connectivity index (χ4v) is 5.80. The number of amides is 1. The summed E-state index contributed by atoms with van der Waals surface area (Å²) in [5.41, 5.74) is 0.363. The summed E-state index contributed by atoms with van der Waals surface area (Å²) in [6.45, 7) is 1.61. The number of sulfonamides is 1. The standard InChI is InChI=1S/C21H24ClN3O4S/c1-29-18-3-2-4-19(13-18)30(27,28)25-11-9-21(10-12-25)20(26)23-15-24(21)14-16-5-7-17(22)8-6-16/h2-8,13H,9-12,14-15H2,1H3,(H-,23,26,27,28). The molecular weight excluding hydrogens is 426 g/mol. The van der Waals surface area contributed by atoms with E-state index in [1.54, 1.807) is 18.2 Å². The van der Waals surface area contributed by atoms with Gasteiger partial charge in [-0.2, -0.15) is 0 Å². The van der Waals surface area contributed by atoms with Crippen LogP contribution in [-0.4, -0.2) is 52.1 Å². The van der Waals surface area contributed by atoms with Crippen molar-refractivity contribution in [2.24, 2.45) is 0 Å². The predicted octanol–water partition coefficient (Wildman–Crippen LogP) is 2.68. The molecule has 0 aliphatic carbocycles. The molecule has 1 atom stereocenters. The van der Waals surface area contributed by atoms with Crippen LogP contribution in [0.5, 0.6) is 5.75 Å². The largest absolute Gasteiger partial charge is 0.593 e. The quantitative estimate of drug-likeness (QED) is 0.709. The molecule has 30 heavy (non-hydrogen) atoms. The fourth-order valence-electron chi connectivity index (χ4n) is 4.19. The third-order valence-corrected chi connectivity index (χ3v) is 8.12. The van der Waals surface area contributed by atoms with E-state index in [1.165, 1.54) is 17.5 Å². The van der Waals surface area contributed by atoms with Gasteiger partial charge in [0.1, 0.15) is 11.3 Å². The lowest BCUT2D eigenvalue weighted by molar-refractivity contribution is -0.128. The van der Waals surface area contributed by atoms with Gasteiger partial charge >= 0.3 is 0 Å². The number of piperidine rings is 1. The second-order valence-electron chi connectivity index (χ2n) is 7.60. The molecule has 2 saturated heterocycles. The Balaban J connectivity index is 1.50. The molecule has 2 aromatic rings. The smallest absolute Gasteiger partial charge is 0.241 e. The number of carbonyl (C=O) groups is 1. The van der Waals surface area contributed by atoms with E-state index >= 15 is 0 Å². The van der Waals surface area contributed by atoms with Gasteiger partial charge in [-0.05, 0) is 42.7 Å². The number of hydrogen-bond donors (Lipinski definition) is 1. The third-order valence-electron chi connectivity index (χ3n) is 5.97. The maximum absolute atomic E-state index is 13.1. The Hall–Kier alpha value is -1.97. The van der Waals surface area contributed by atoms with Crippen molar-refractivity contribution < 1.29 is 18.3 Å². The lowest BCUT2D eigenvalue weighted by Crippen LogP contribution is -2.57. The molecule has 2 aliphatic rings. The Morgan fingerprint density at radius 2 is 1.90 bits per heavy atom. The second kappa shape index (κ2) is 8.28. The zero-order valence-electron chi connectivity index (χ0n) is 16.7. The normalized spacial score (nSPS) is 21.4. The van der Waals surface area contributed by atoms with Crippen LogP contribution >= 0.6 is 11.6 Å². The van der Waals surface area contributed by atoms with Crippen molar-refractivity contribution in [3.63, 3.8) is 0 Å². The van der Waals surface area contributed by atoms with Gasteiger partial charge in [0.05, 0.1) is 13.8 Å². The third kappa shape index (κ3) is 3.86. The molecule has 1 unspecified atom stereocenters. The molecule has 0 saturated carbocycles. The Labute approximate surface area is 182 Å². The lowest BCUT2D eigenvalue weighted by atomic mass is 9.86. The van der Waals surface area contributed by atoms with Crippen molar-refractivity contribution in [1.82, 2.24) is 14.5 Å². The SMILES string of the molecule is COc1cccc([S+](=O)([O-])N2CCC3(CC2)C(=O)NCN3Cc2ccc(Cl)cc2)c1. The second-order valence-corrected chi connectivity index (χ2v) is 9.98. The van der Waals surface area contributed by atoms with Gasteiger partial charge in [0.15, 0.2) is 15.3 Å². The number of halogens is 1. The Morgan fingerprint density at radius 1 is 1.20 bits per heavy atom. The maximum atomic E-state index is 13.1. The minimum Gasteiger partial charge on any atom is -0.593 e. The first-order valence-corrected chi connectivity index (χ1v) is 11.6. The van der Waals surface area contributed by atoms with Crippen molar-refractivity contribution in [2.45, 2.75) is 29.8 Å². The van der Waals surface area contributed by atoms with Gasteiger partial charge in [0, 0.05) is 30.7 Å². The molecule has 160 valence electrons. The van der Waals surface area contributed by atoms with E-state index in [0.29, 0.717) is 36.8 Å². The zero-order chi connectivity index (χ0) is 21.4. The Morgan fingerprint density at radius 3 is 2.57 bits per heavy atom. The molecule has 0 aromatic heterocycles. The average Bonchev–Trinajstić information content (AvgIpc) is 3.05. The molecule has 1 N–H and O–H groups in total. The van der Waals surface area contributed by atoms with E-state index in [0.717, 1.165) is 5.56 Å². The van der Waals surface area contributed by atoms with E-state index in [1.807, 2.05) is 24.3 Å². The Bertz CT molecular complexity index is 976. The first-order valence-electron chi connectivity index (χ1n) is 9.77. The van der Waals surface area contributed by atoms with Gasteiger partial charge in [-0.25, -0.2) is 0 Å². The van der Waals surface area contributed by atoms with E-state index in [9.17, 15) is 13.6 Å². The van der Waals surface area contributed by atoms with E-state index in [2.05, 4.69) is 10.2 Å². The number of carbonyl (C=O) groups excluding carboxylic acids is 1. The molecule has 2 heterocycles. The van der Waals surface area contributed by atoms with Crippen LogP contribution < -0.4 is 10.1 Å². The summed E-state index contributed by atoms with van der Waals surface area (Å²) in [5.74, 6) is 0.462. The summed E-state index contributed by atoms with van der Waals surface area (Å²) in [4.78, 5) is 15.1. The van der Waals surface area contributed by atoms with E-state index < -0.39 is 15.9 Å². The van der Waals surface area contributed by atoms with Crippen LogP contribution in [0.4, 0.5) is 0 Å². The van der Waals surface area contributed by atoms with Crippen molar-refractivity contribution in [3.05, 3.63) is 59.1 Å². The van der Waals surface area contributed by atoms with Crippen LogP contribution in [0.25, 0.3) is 0 Å². The van der Waals surface area contributed by atoms with E-state index in [4.69, 9.17) is 16.3 Å². The summed E-state index contributed by atoms with van der Waals surface area (Å²) in [6, 6.07) is 14.0. The predicted molar refractivity (Wildman–Crippen MR) is 114 cm³/mol. The van der Waals surface area contributed by atoms with Gasteiger partial charge in [0.2, 0.25) is 5.91 Å². The summed E-state index contributed by atoms with van der Waals surface area (Å²) >= 11 is 5.97. The topological polar surface area (TPSA) is 84.9 Å². The van der Waals surface area contributed by atoms with Gasteiger partial charge in [-0.1, -0.05) is 34.0 Å². The highest BCUT2D eigenvalue weighted by Crippen LogP contribution is 2.37. The number of nitrogens with one attached hydrogen (secondary N) is 1. The molecule has 2 aliphatic heterocycles. The minimum absolute atomic E-state index is 0.0325. The summed E-state index contributed by atoms with van der Waals surface area (Å²) in [7, 11) is -2.15. The molecule has 7 nitrogen and oxygen atoms in total. The molecular formula is C21H24ClN3O4S. The molecule has 4 rings (SSSR count). The summed E-state index contributed by atoms with van der Waals surface area (Å²) in [6.07, 6.45) is 0.880. The molecule has 0 bridgehead atoms. The molecule has 2 fully saturated rings. The van der Waals surface area contributed by atoms with Gasteiger partial charge in [0.25, 0.3) is 0 Å².